The first-order valence-corrected chi connectivity index (χ1v) is 9.74. The molecule has 1 aromatic carbocycles. The summed E-state index contributed by atoms with van der Waals surface area (Å²) in [6.07, 6.45) is -1.40. The Morgan fingerprint density at radius 3 is 2.06 bits per heavy atom. The molecule has 4 atom stereocenters. The Kier molecular flexibility index (Phi) is 9.90. The first kappa shape index (κ1) is 25.9. The highest BCUT2D eigenvalue weighted by Crippen LogP contribution is 2.12. The largest absolute Gasteiger partial charge is 0.508 e. The molecule has 0 unspecified atom stereocenters. The quantitative estimate of drug-likeness (QED) is 0.216. The number of carboxylic acid groups (broad SMARTS) is 1. The SMILES string of the molecule is CC(C)[C@H](N)C(=O)NCC(=O)N[C@@H](Cc1ccc(O)cc1)C(=O)N[C@H](C(=O)O)[C@@H](C)O. The van der Waals surface area contributed by atoms with Crippen molar-refractivity contribution in [3.8, 4) is 5.75 Å². The van der Waals surface area contributed by atoms with Gasteiger partial charge in [0.2, 0.25) is 17.7 Å². The Labute approximate surface area is 180 Å². The first-order chi connectivity index (χ1) is 14.4. The minimum atomic E-state index is -1.57. The number of hydrogen-bond donors (Lipinski definition) is 7. The van der Waals surface area contributed by atoms with Crippen molar-refractivity contribution in [1.29, 1.82) is 0 Å². The monoisotopic (exact) mass is 438 g/mol. The highest BCUT2D eigenvalue weighted by atomic mass is 16.4. The molecule has 0 aromatic heterocycles. The standard InChI is InChI=1S/C20H30N4O7/c1-10(2)16(21)19(29)22-9-15(27)23-14(8-12-4-6-13(26)7-5-12)18(28)24-17(11(3)25)20(30)31/h4-7,10-11,14,16-17,25-26H,8-9,21H2,1-3H3,(H,22,29)(H,23,27)(H,24,28)(H,30,31)/t11-,14+,16+,17+/m1/s1. The molecule has 172 valence electrons. The molecule has 31 heavy (non-hydrogen) atoms. The molecule has 0 fully saturated rings. The zero-order valence-electron chi connectivity index (χ0n) is 17.7. The van der Waals surface area contributed by atoms with E-state index in [9.17, 15) is 29.4 Å². The summed E-state index contributed by atoms with van der Waals surface area (Å²) < 4.78 is 0. The Balaban J connectivity index is 2.89. The van der Waals surface area contributed by atoms with Crippen LogP contribution in [0.3, 0.4) is 0 Å². The number of phenolic OH excluding ortho intramolecular Hbond substituents is 1. The molecule has 0 spiro atoms. The number of carboxylic acids is 1. The number of aliphatic hydroxyl groups excluding tert-OH is 1. The van der Waals surface area contributed by atoms with Gasteiger partial charge in [-0.2, -0.15) is 0 Å². The van der Waals surface area contributed by atoms with Gasteiger partial charge in [-0.15, -0.1) is 0 Å². The third kappa shape index (κ3) is 8.60. The van der Waals surface area contributed by atoms with Crippen LogP contribution < -0.4 is 21.7 Å². The second-order valence-corrected chi connectivity index (χ2v) is 7.54. The lowest BCUT2D eigenvalue weighted by molar-refractivity contribution is -0.145. The molecular formula is C20H30N4O7. The molecule has 0 aliphatic heterocycles. The summed E-state index contributed by atoms with van der Waals surface area (Å²) in [7, 11) is 0. The Hall–Kier alpha value is -3.18. The average Bonchev–Trinajstić information content (AvgIpc) is 2.69. The number of carbonyl (C=O) groups is 4. The number of carbonyl (C=O) groups excluding carboxylic acids is 3. The number of rotatable bonds is 11. The fraction of sp³-hybridized carbons (Fsp3) is 0.500. The molecule has 1 rings (SSSR count). The number of nitrogens with two attached hydrogens (primary N) is 1. The van der Waals surface area contributed by atoms with Crippen molar-refractivity contribution >= 4 is 23.7 Å². The van der Waals surface area contributed by atoms with Crippen molar-refractivity contribution in [2.75, 3.05) is 6.54 Å². The maximum absolute atomic E-state index is 12.6. The van der Waals surface area contributed by atoms with E-state index in [2.05, 4.69) is 16.0 Å². The lowest BCUT2D eigenvalue weighted by Gasteiger charge is -2.23. The third-order valence-corrected chi connectivity index (χ3v) is 4.52. The van der Waals surface area contributed by atoms with Gasteiger partial charge in [-0.05, 0) is 30.5 Å². The van der Waals surface area contributed by atoms with E-state index >= 15 is 0 Å². The van der Waals surface area contributed by atoms with Crippen LogP contribution >= 0.6 is 0 Å². The van der Waals surface area contributed by atoms with Crippen molar-refractivity contribution in [3.63, 3.8) is 0 Å². The van der Waals surface area contributed by atoms with Gasteiger partial charge in [-0.25, -0.2) is 4.79 Å². The summed E-state index contributed by atoms with van der Waals surface area (Å²) in [6, 6.07) is 2.30. The molecule has 8 N–H and O–H groups in total. The molecule has 0 saturated carbocycles. The molecular weight excluding hydrogens is 408 g/mol. The predicted octanol–water partition coefficient (Wildman–Crippen LogP) is -1.53. The van der Waals surface area contributed by atoms with Crippen molar-refractivity contribution in [2.24, 2.45) is 11.7 Å². The number of hydrogen-bond acceptors (Lipinski definition) is 7. The van der Waals surface area contributed by atoms with Crippen LogP contribution in [-0.4, -0.2) is 69.8 Å². The van der Waals surface area contributed by atoms with Crippen molar-refractivity contribution in [3.05, 3.63) is 29.8 Å². The molecule has 11 nitrogen and oxygen atoms in total. The van der Waals surface area contributed by atoms with Gasteiger partial charge < -0.3 is 37.0 Å². The number of nitrogens with one attached hydrogen (secondary N) is 3. The van der Waals surface area contributed by atoms with Gasteiger partial charge in [0, 0.05) is 6.42 Å². The molecule has 1 aromatic rings. The number of aliphatic hydroxyl groups is 1. The van der Waals surface area contributed by atoms with Gasteiger partial charge >= 0.3 is 5.97 Å². The highest BCUT2D eigenvalue weighted by molar-refractivity contribution is 5.92. The van der Waals surface area contributed by atoms with E-state index in [1.54, 1.807) is 13.8 Å². The number of amides is 3. The Morgan fingerprint density at radius 1 is 1.00 bits per heavy atom. The zero-order valence-corrected chi connectivity index (χ0v) is 17.7. The molecule has 0 bridgehead atoms. The van der Waals surface area contributed by atoms with Crippen molar-refractivity contribution in [1.82, 2.24) is 16.0 Å². The number of aliphatic carboxylic acids is 1. The summed E-state index contributed by atoms with van der Waals surface area (Å²) in [6.45, 7) is 4.28. The van der Waals surface area contributed by atoms with Gasteiger partial charge in [0.25, 0.3) is 0 Å². The van der Waals surface area contributed by atoms with Gasteiger partial charge in [-0.1, -0.05) is 26.0 Å². The normalized spacial score (nSPS) is 14.8. The van der Waals surface area contributed by atoms with E-state index in [-0.39, 0.29) is 18.1 Å². The summed E-state index contributed by atoms with van der Waals surface area (Å²) in [5, 5.41) is 35.2. The van der Waals surface area contributed by atoms with Crippen LogP contribution in [0.15, 0.2) is 24.3 Å². The number of benzene rings is 1. The summed E-state index contributed by atoms with van der Waals surface area (Å²) in [5.41, 5.74) is 6.29. The fourth-order valence-electron chi connectivity index (χ4n) is 2.55. The molecule has 0 aliphatic rings. The lowest BCUT2D eigenvalue weighted by atomic mass is 10.0. The van der Waals surface area contributed by atoms with Gasteiger partial charge in [-0.3, -0.25) is 14.4 Å². The van der Waals surface area contributed by atoms with Crippen molar-refractivity contribution < 1.29 is 34.5 Å². The van der Waals surface area contributed by atoms with Crippen LogP contribution in [0, 0.1) is 5.92 Å². The zero-order chi connectivity index (χ0) is 23.7. The molecule has 0 radical (unpaired) electrons. The van der Waals surface area contributed by atoms with Crippen LogP contribution in [-0.2, 0) is 25.6 Å². The van der Waals surface area contributed by atoms with E-state index in [1.165, 1.54) is 31.2 Å². The highest BCUT2D eigenvalue weighted by Gasteiger charge is 2.30. The van der Waals surface area contributed by atoms with E-state index in [0.29, 0.717) is 5.56 Å². The van der Waals surface area contributed by atoms with E-state index in [1.807, 2.05) is 0 Å². The van der Waals surface area contributed by atoms with Gasteiger partial charge in [0.1, 0.15) is 11.8 Å². The summed E-state index contributed by atoms with van der Waals surface area (Å²) in [4.78, 5) is 48.1. The van der Waals surface area contributed by atoms with E-state index in [4.69, 9.17) is 10.8 Å². The predicted molar refractivity (Wildman–Crippen MR) is 111 cm³/mol. The minimum absolute atomic E-state index is 0.0121. The van der Waals surface area contributed by atoms with Gasteiger partial charge in [0.05, 0.1) is 18.7 Å². The van der Waals surface area contributed by atoms with Gasteiger partial charge in [0.15, 0.2) is 6.04 Å². The van der Waals surface area contributed by atoms with Crippen molar-refractivity contribution in [2.45, 2.75) is 51.4 Å². The van der Waals surface area contributed by atoms with Crippen LogP contribution in [0.4, 0.5) is 0 Å². The lowest BCUT2D eigenvalue weighted by Crippen LogP contribution is -2.56. The average molecular weight is 438 g/mol. The molecule has 11 heteroatoms. The van der Waals surface area contributed by atoms with E-state index in [0.717, 1.165) is 0 Å². The number of phenols is 1. The smallest absolute Gasteiger partial charge is 0.328 e. The molecule has 0 heterocycles. The molecule has 0 aliphatic carbocycles. The summed E-state index contributed by atoms with van der Waals surface area (Å²) >= 11 is 0. The second-order valence-electron chi connectivity index (χ2n) is 7.54. The minimum Gasteiger partial charge on any atom is -0.508 e. The maximum atomic E-state index is 12.6. The van der Waals surface area contributed by atoms with E-state index < -0.39 is 54.5 Å². The Morgan fingerprint density at radius 2 is 1.58 bits per heavy atom. The van der Waals surface area contributed by atoms with Crippen LogP contribution in [0.1, 0.15) is 26.3 Å². The third-order valence-electron chi connectivity index (χ3n) is 4.52. The van der Waals surface area contributed by atoms with Crippen LogP contribution in [0.5, 0.6) is 5.75 Å². The summed E-state index contributed by atoms with van der Waals surface area (Å²) in [5.74, 6) is -3.60. The van der Waals surface area contributed by atoms with Crippen LogP contribution in [0.25, 0.3) is 0 Å². The maximum Gasteiger partial charge on any atom is 0.328 e. The fourth-order valence-corrected chi connectivity index (χ4v) is 2.55. The number of aromatic hydroxyl groups is 1. The van der Waals surface area contributed by atoms with Crippen LogP contribution in [0.2, 0.25) is 0 Å². The Bertz CT molecular complexity index is 780. The molecule has 0 saturated heterocycles. The molecule has 3 amide bonds. The first-order valence-electron chi connectivity index (χ1n) is 9.74. The second kappa shape index (κ2) is 11.9. The topological polar surface area (TPSA) is 191 Å².